The number of carbonyl (C=O) groups is 2. The van der Waals surface area contributed by atoms with Gasteiger partial charge < -0.3 is 9.32 Å². The van der Waals surface area contributed by atoms with Crippen molar-refractivity contribution in [2.45, 2.75) is 50.9 Å². The van der Waals surface area contributed by atoms with Gasteiger partial charge in [0.05, 0.1) is 6.54 Å². The minimum absolute atomic E-state index is 0.175. The Balaban J connectivity index is 1.28. The molecule has 3 aliphatic rings. The van der Waals surface area contributed by atoms with E-state index in [0.717, 1.165) is 78.2 Å². The molecule has 0 N–H and O–H groups in total. The van der Waals surface area contributed by atoms with Crippen LogP contribution in [0.3, 0.4) is 0 Å². The van der Waals surface area contributed by atoms with E-state index in [1.165, 1.54) is 19.3 Å². The van der Waals surface area contributed by atoms with Gasteiger partial charge in [0.25, 0.3) is 0 Å². The second-order valence-electron chi connectivity index (χ2n) is 10.4. The Hall–Kier alpha value is -3.25. The van der Waals surface area contributed by atoms with E-state index in [2.05, 4.69) is 22.0 Å². The fourth-order valence-electron chi connectivity index (χ4n) is 6.01. The third-order valence-corrected chi connectivity index (χ3v) is 8.02. The summed E-state index contributed by atoms with van der Waals surface area (Å²) in [4.78, 5) is 33.8. The highest BCUT2D eigenvalue weighted by atomic mass is 16.3. The van der Waals surface area contributed by atoms with Crippen molar-refractivity contribution < 1.29 is 14.0 Å². The van der Waals surface area contributed by atoms with E-state index >= 15 is 0 Å². The van der Waals surface area contributed by atoms with E-state index in [9.17, 15) is 9.59 Å². The van der Waals surface area contributed by atoms with Crippen LogP contribution in [0.25, 0.3) is 22.5 Å². The second-order valence-corrected chi connectivity index (χ2v) is 10.4. The minimum Gasteiger partial charge on any atom is -0.460 e. The van der Waals surface area contributed by atoms with E-state index in [-0.39, 0.29) is 17.6 Å². The maximum absolute atomic E-state index is 13.1. The highest BCUT2D eigenvalue weighted by Crippen LogP contribution is 2.40. The van der Waals surface area contributed by atoms with Crippen LogP contribution >= 0.6 is 0 Å². The van der Waals surface area contributed by atoms with E-state index in [0.29, 0.717) is 19.5 Å². The van der Waals surface area contributed by atoms with Gasteiger partial charge in [-0.25, -0.2) is 0 Å². The number of likely N-dealkylation sites (tertiary alicyclic amines) is 2. The number of fused-ring (bicyclic) bond motifs is 1. The molecule has 2 saturated heterocycles. The lowest BCUT2D eigenvalue weighted by atomic mass is 9.93. The molecule has 0 saturated carbocycles. The standard InChI is InChI=1S/C30H33N3O3/c34-27-9-7-22-17-23(6-8-25(22)27)26-18-28(36-30(26)21-10-12-31-13-11-21)24-5-4-16-33(19-24)29(35)20-32-14-2-1-3-15-32/h6,8,10-13,17-18,24H,1-5,7,9,14-16,19-20H2. The first kappa shape index (κ1) is 23.2. The molecule has 6 rings (SSSR count). The van der Waals surface area contributed by atoms with Gasteiger partial charge in [-0.2, -0.15) is 0 Å². The largest absolute Gasteiger partial charge is 0.460 e. The van der Waals surface area contributed by atoms with Gasteiger partial charge in [0.2, 0.25) is 5.91 Å². The molecule has 6 heteroatoms. The summed E-state index contributed by atoms with van der Waals surface area (Å²) < 4.78 is 6.57. The number of ketones is 1. The van der Waals surface area contributed by atoms with Gasteiger partial charge >= 0.3 is 0 Å². The van der Waals surface area contributed by atoms with Crippen LogP contribution in [0.15, 0.2) is 53.2 Å². The fourth-order valence-corrected chi connectivity index (χ4v) is 6.01. The molecule has 0 bridgehead atoms. The van der Waals surface area contributed by atoms with Crippen LogP contribution in [-0.2, 0) is 11.2 Å². The van der Waals surface area contributed by atoms with Gasteiger partial charge in [-0.15, -0.1) is 0 Å². The zero-order chi connectivity index (χ0) is 24.5. The first-order valence-corrected chi connectivity index (χ1v) is 13.4. The van der Waals surface area contributed by atoms with Gasteiger partial charge in [0, 0.05) is 54.5 Å². The Labute approximate surface area is 212 Å². The van der Waals surface area contributed by atoms with E-state index in [1.807, 2.05) is 29.2 Å². The molecule has 0 radical (unpaired) electrons. The van der Waals surface area contributed by atoms with Crippen LogP contribution in [-0.4, -0.2) is 59.2 Å². The second kappa shape index (κ2) is 10.0. The van der Waals surface area contributed by atoms with Crippen molar-refractivity contribution in [3.05, 3.63) is 65.7 Å². The quantitative estimate of drug-likeness (QED) is 0.491. The average molecular weight is 484 g/mol. The number of hydrogen-bond donors (Lipinski definition) is 0. The zero-order valence-corrected chi connectivity index (χ0v) is 20.7. The number of pyridine rings is 1. The predicted octanol–water partition coefficient (Wildman–Crippen LogP) is 5.33. The Morgan fingerprint density at radius 2 is 1.75 bits per heavy atom. The summed E-state index contributed by atoms with van der Waals surface area (Å²) in [5, 5.41) is 0. The van der Waals surface area contributed by atoms with Crippen LogP contribution < -0.4 is 0 Å². The number of hydrogen-bond acceptors (Lipinski definition) is 5. The highest BCUT2D eigenvalue weighted by molar-refractivity contribution is 6.01. The Kier molecular flexibility index (Phi) is 6.45. The molecule has 6 nitrogen and oxygen atoms in total. The molecular formula is C30H33N3O3. The lowest BCUT2D eigenvalue weighted by Gasteiger charge is -2.34. The number of aryl methyl sites for hydroxylation is 1. The number of Topliss-reactive ketones (excluding diaryl/α,β-unsaturated/α-hetero) is 1. The molecule has 1 amide bonds. The average Bonchev–Trinajstić information content (AvgIpc) is 3.54. The van der Waals surface area contributed by atoms with Gasteiger partial charge in [0.1, 0.15) is 11.5 Å². The maximum Gasteiger partial charge on any atom is 0.236 e. The summed E-state index contributed by atoms with van der Waals surface area (Å²) in [7, 11) is 0. The van der Waals surface area contributed by atoms with Crippen molar-refractivity contribution in [1.82, 2.24) is 14.8 Å². The molecule has 0 spiro atoms. The molecule has 1 atom stereocenters. The molecule has 36 heavy (non-hydrogen) atoms. The number of furan rings is 1. The summed E-state index contributed by atoms with van der Waals surface area (Å²) in [6.07, 6.45) is 10.6. The summed E-state index contributed by atoms with van der Waals surface area (Å²) in [5.41, 5.74) is 5.06. The summed E-state index contributed by atoms with van der Waals surface area (Å²) >= 11 is 0. The first-order valence-electron chi connectivity index (χ1n) is 13.4. The maximum atomic E-state index is 13.1. The third-order valence-electron chi connectivity index (χ3n) is 8.02. The summed E-state index contributed by atoms with van der Waals surface area (Å²) in [6.45, 7) is 4.13. The molecule has 2 fully saturated rings. The molecule has 1 aliphatic carbocycles. The van der Waals surface area contributed by atoms with Crippen LogP contribution in [0.4, 0.5) is 0 Å². The van der Waals surface area contributed by atoms with Crippen LogP contribution in [0.5, 0.6) is 0 Å². The van der Waals surface area contributed by atoms with Gasteiger partial charge in [0.15, 0.2) is 5.78 Å². The third kappa shape index (κ3) is 4.62. The van der Waals surface area contributed by atoms with E-state index < -0.39 is 0 Å². The molecule has 2 aliphatic heterocycles. The monoisotopic (exact) mass is 483 g/mol. The SMILES string of the molecule is O=C1CCc2cc(-c3cc(C4CCCN(C(=O)CN5CCCCC5)C4)oc3-c3ccncc3)ccc21. The Morgan fingerprint density at radius 3 is 2.58 bits per heavy atom. The molecule has 3 aromatic rings. The summed E-state index contributed by atoms with van der Waals surface area (Å²) in [5.74, 6) is 2.41. The van der Waals surface area contributed by atoms with Crippen LogP contribution in [0, 0.1) is 0 Å². The van der Waals surface area contributed by atoms with Gasteiger partial charge in [-0.1, -0.05) is 24.6 Å². The molecular weight excluding hydrogens is 450 g/mol. The normalized spacial score (nSPS) is 20.5. The highest BCUT2D eigenvalue weighted by Gasteiger charge is 2.30. The van der Waals surface area contributed by atoms with Crippen LogP contribution in [0.2, 0.25) is 0 Å². The number of aromatic nitrogens is 1. The number of piperidine rings is 2. The fraction of sp³-hybridized carbons (Fsp3) is 0.433. The summed E-state index contributed by atoms with van der Waals surface area (Å²) in [6, 6.07) is 12.3. The van der Waals surface area contributed by atoms with E-state index in [1.54, 1.807) is 12.4 Å². The lowest BCUT2D eigenvalue weighted by molar-refractivity contribution is -0.133. The number of rotatable bonds is 5. The smallest absolute Gasteiger partial charge is 0.236 e. The number of benzene rings is 1. The van der Waals surface area contributed by atoms with Crippen molar-refractivity contribution in [3.63, 3.8) is 0 Å². The predicted molar refractivity (Wildman–Crippen MR) is 139 cm³/mol. The zero-order valence-electron chi connectivity index (χ0n) is 20.7. The number of nitrogens with zero attached hydrogens (tertiary/aromatic N) is 3. The van der Waals surface area contributed by atoms with Gasteiger partial charge in [-0.05, 0) is 74.5 Å². The van der Waals surface area contributed by atoms with Crippen molar-refractivity contribution >= 4 is 11.7 Å². The molecule has 186 valence electrons. The topological polar surface area (TPSA) is 66.7 Å². The molecule has 4 heterocycles. The Bertz CT molecular complexity index is 1260. The first-order chi connectivity index (χ1) is 17.7. The van der Waals surface area contributed by atoms with E-state index in [4.69, 9.17) is 4.42 Å². The number of amides is 1. The number of carbonyl (C=O) groups excluding carboxylic acids is 2. The van der Waals surface area contributed by atoms with Gasteiger partial charge in [-0.3, -0.25) is 19.5 Å². The molecule has 1 unspecified atom stereocenters. The lowest BCUT2D eigenvalue weighted by Crippen LogP contribution is -2.45. The molecule has 2 aromatic heterocycles. The molecule has 1 aromatic carbocycles. The minimum atomic E-state index is 0.175. The van der Waals surface area contributed by atoms with Crippen molar-refractivity contribution in [2.75, 3.05) is 32.7 Å². The van der Waals surface area contributed by atoms with Crippen molar-refractivity contribution in [3.8, 4) is 22.5 Å². The Morgan fingerprint density at radius 1 is 0.917 bits per heavy atom. The van der Waals surface area contributed by atoms with Crippen molar-refractivity contribution in [1.29, 1.82) is 0 Å². The van der Waals surface area contributed by atoms with Crippen molar-refractivity contribution in [2.24, 2.45) is 0 Å². The van der Waals surface area contributed by atoms with Crippen LogP contribution in [0.1, 0.15) is 66.1 Å².